The van der Waals surface area contributed by atoms with Crippen LogP contribution in [0.15, 0.2) is 76.0 Å². The van der Waals surface area contributed by atoms with Gasteiger partial charge >= 0.3 is 12.4 Å². The minimum atomic E-state index is -4.73. The summed E-state index contributed by atoms with van der Waals surface area (Å²) in [5.41, 5.74) is -0.886. The van der Waals surface area contributed by atoms with E-state index < -0.39 is 23.6 Å². The van der Waals surface area contributed by atoms with Gasteiger partial charge in [-0.05, 0) is 52.0 Å². The van der Waals surface area contributed by atoms with Crippen LogP contribution >= 0.6 is 23.5 Å². The van der Waals surface area contributed by atoms with Gasteiger partial charge in [0.15, 0.2) is 5.16 Å². The van der Waals surface area contributed by atoms with Crippen LogP contribution in [0.2, 0.25) is 0 Å². The average Bonchev–Trinajstić information content (AvgIpc) is 3.25. The summed E-state index contributed by atoms with van der Waals surface area (Å²) in [4.78, 5) is 7.72. The molecule has 2 aromatic carbocycles. The maximum Gasteiger partial charge on any atom is 0.433 e. The van der Waals surface area contributed by atoms with Crippen LogP contribution in [-0.4, -0.2) is 30.2 Å². The number of tetrazole rings is 1. The number of aromatic nitrogens is 6. The molecule has 0 amide bonds. The van der Waals surface area contributed by atoms with E-state index in [1.807, 2.05) is 0 Å². The minimum Gasteiger partial charge on any atom is -0.218 e. The second-order valence-electron chi connectivity index (χ2n) is 6.67. The molecular weight excluding hydrogens is 502 g/mol. The summed E-state index contributed by atoms with van der Waals surface area (Å²) in [7, 11) is 0. The molecule has 0 fully saturated rings. The SMILES string of the molecule is FC(F)(F)c1ccc(CSc2nc(Sc3nnnn3-c3ccccc3)cc(C(F)(F)F)n2)cc1. The van der Waals surface area contributed by atoms with Crippen LogP contribution in [0.1, 0.15) is 16.8 Å². The zero-order valence-electron chi connectivity index (χ0n) is 16.7. The largest absolute Gasteiger partial charge is 0.433 e. The molecule has 0 aliphatic carbocycles. The first-order valence-electron chi connectivity index (χ1n) is 9.36. The second-order valence-corrected chi connectivity index (χ2v) is 8.60. The molecule has 4 aromatic rings. The Bertz CT molecular complexity index is 1260. The lowest BCUT2D eigenvalue weighted by Crippen LogP contribution is -2.10. The molecule has 4 rings (SSSR count). The maximum atomic E-state index is 13.4. The quantitative estimate of drug-likeness (QED) is 0.137. The fourth-order valence-electron chi connectivity index (χ4n) is 2.67. The first kappa shape index (κ1) is 24.0. The van der Waals surface area contributed by atoms with E-state index in [1.54, 1.807) is 30.3 Å². The van der Waals surface area contributed by atoms with Crippen LogP contribution in [0.4, 0.5) is 26.3 Å². The second kappa shape index (κ2) is 9.62. The molecule has 0 bridgehead atoms. The predicted octanol–water partition coefficient (Wildman–Crippen LogP) is 5.93. The van der Waals surface area contributed by atoms with Crippen LogP contribution < -0.4 is 0 Å². The van der Waals surface area contributed by atoms with E-state index in [0.29, 0.717) is 11.3 Å². The standard InChI is InChI=1S/C20H12F6N6S2/c21-19(22,23)13-8-6-12(7-9-13)11-33-17-27-15(20(24,25)26)10-16(28-17)34-18-29-30-31-32(18)14-4-2-1-3-5-14/h1-10H,11H2. The molecule has 0 spiro atoms. The minimum absolute atomic E-state index is 0.0378. The number of alkyl halides is 6. The van der Waals surface area contributed by atoms with Crippen LogP contribution in [-0.2, 0) is 18.1 Å². The molecule has 0 saturated carbocycles. The lowest BCUT2D eigenvalue weighted by atomic mass is 10.1. The summed E-state index contributed by atoms with van der Waals surface area (Å²) in [6, 6.07) is 13.9. The van der Waals surface area contributed by atoms with Crippen molar-refractivity contribution in [3.05, 3.63) is 77.5 Å². The van der Waals surface area contributed by atoms with Gasteiger partial charge < -0.3 is 0 Å². The molecule has 34 heavy (non-hydrogen) atoms. The Hall–Kier alpha value is -3.13. The molecule has 0 atom stereocenters. The van der Waals surface area contributed by atoms with Crippen molar-refractivity contribution in [1.29, 1.82) is 0 Å². The van der Waals surface area contributed by atoms with Gasteiger partial charge in [-0.1, -0.05) is 42.1 Å². The third-order valence-electron chi connectivity index (χ3n) is 4.26. The van der Waals surface area contributed by atoms with Crippen molar-refractivity contribution in [2.45, 2.75) is 33.4 Å². The van der Waals surface area contributed by atoms with Crippen LogP contribution in [0.3, 0.4) is 0 Å². The van der Waals surface area contributed by atoms with Gasteiger partial charge in [0.25, 0.3) is 0 Å². The van der Waals surface area contributed by atoms with Crippen molar-refractivity contribution in [3.63, 3.8) is 0 Å². The van der Waals surface area contributed by atoms with E-state index >= 15 is 0 Å². The highest BCUT2D eigenvalue weighted by Gasteiger charge is 2.34. The zero-order valence-corrected chi connectivity index (χ0v) is 18.4. The summed E-state index contributed by atoms with van der Waals surface area (Å²) in [5, 5.41) is 11.3. The summed E-state index contributed by atoms with van der Waals surface area (Å²) < 4.78 is 79.8. The molecular formula is C20H12F6N6S2. The van der Waals surface area contributed by atoms with Crippen LogP contribution in [0, 0.1) is 0 Å². The lowest BCUT2D eigenvalue weighted by Gasteiger charge is -2.10. The van der Waals surface area contributed by atoms with E-state index in [9.17, 15) is 26.3 Å². The van der Waals surface area contributed by atoms with Gasteiger partial charge in [-0.2, -0.15) is 31.0 Å². The van der Waals surface area contributed by atoms with E-state index in [2.05, 4.69) is 25.5 Å². The van der Waals surface area contributed by atoms with E-state index in [1.165, 1.54) is 16.8 Å². The number of hydrogen-bond acceptors (Lipinski definition) is 7. The molecule has 0 aliphatic rings. The number of benzene rings is 2. The number of thioether (sulfide) groups is 1. The van der Waals surface area contributed by atoms with Crippen molar-refractivity contribution in [3.8, 4) is 5.69 Å². The summed E-state index contributed by atoms with van der Waals surface area (Å²) in [5.74, 6) is 0.0747. The Balaban J connectivity index is 1.57. The smallest absolute Gasteiger partial charge is 0.218 e. The normalized spacial score (nSPS) is 12.2. The Morgan fingerprint density at radius 1 is 0.824 bits per heavy atom. The Labute approximate surface area is 196 Å². The van der Waals surface area contributed by atoms with Gasteiger partial charge in [-0.25, -0.2) is 9.97 Å². The molecule has 6 nitrogen and oxygen atoms in total. The summed E-state index contributed by atoms with van der Waals surface area (Å²) in [6.45, 7) is 0. The Morgan fingerprint density at radius 3 is 2.18 bits per heavy atom. The number of rotatable bonds is 6. The highest BCUT2D eigenvalue weighted by molar-refractivity contribution is 7.99. The third-order valence-corrected chi connectivity index (χ3v) is 6.03. The van der Waals surface area contributed by atoms with Crippen molar-refractivity contribution < 1.29 is 26.3 Å². The molecule has 2 heterocycles. The topological polar surface area (TPSA) is 69.4 Å². The first-order valence-corrected chi connectivity index (χ1v) is 11.2. The van der Waals surface area contributed by atoms with Crippen molar-refractivity contribution in [1.82, 2.24) is 30.2 Å². The number of halogens is 6. The lowest BCUT2D eigenvalue weighted by molar-refractivity contribution is -0.142. The molecule has 0 aliphatic heterocycles. The van der Waals surface area contributed by atoms with Gasteiger partial charge in [0.05, 0.1) is 11.3 Å². The fourth-order valence-corrected chi connectivity index (χ4v) is 4.34. The number of hydrogen-bond donors (Lipinski definition) is 0. The predicted molar refractivity (Wildman–Crippen MR) is 111 cm³/mol. The highest BCUT2D eigenvalue weighted by atomic mass is 32.2. The molecule has 0 N–H and O–H groups in total. The highest BCUT2D eigenvalue weighted by Crippen LogP contribution is 2.35. The molecule has 0 radical (unpaired) electrons. The van der Waals surface area contributed by atoms with Crippen molar-refractivity contribution in [2.24, 2.45) is 0 Å². The van der Waals surface area contributed by atoms with Gasteiger partial charge in [0, 0.05) is 11.8 Å². The van der Waals surface area contributed by atoms with Crippen LogP contribution in [0.5, 0.6) is 0 Å². The van der Waals surface area contributed by atoms with E-state index in [-0.39, 0.29) is 21.1 Å². The van der Waals surface area contributed by atoms with Crippen LogP contribution in [0.25, 0.3) is 5.69 Å². The summed E-state index contributed by atoms with van der Waals surface area (Å²) in [6.07, 6.45) is -9.20. The van der Waals surface area contributed by atoms with Gasteiger partial charge in [0.2, 0.25) is 5.16 Å². The monoisotopic (exact) mass is 514 g/mol. The Morgan fingerprint density at radius 2 is 1.53 bits per heavy atom. The van der Waals surface area contributed by atoms with Gasteiger partial charge in [-0.15, -0.1) is 5.10 Å². The maximum absolute atomic E-state index is 13.4. The number of para-hydroxylation sites is 1. The van der Waals surface area contributed by atoms with Gasteiger partial charge in [-0.3, -0.25) is 0 Å². The average molecular weight is 514 g/mol. The molecule has 0 unspecified atom stereocenters. The first-order chi connectivity index (χ1) is 16.1. The molecule has 0 saturated heterocycles. The zero-order chi connectivity index (χ0) is 24.3. The molecule has 14 heteroatoms. The third kappa shape index (κ3) is 5.86. The molecule has 2 aromatic heterocycles. The summed E-state index contributed by atoms with van der Waals surface area (Å²) >= 11 is 1.69. The number of nitrogens with zero attached hydrogens (tertiary/aromatic N) is 6. The van der Waals surface area contributed by atoms with E-state index in [4.69, 9.17) is 0 Å². The van der Waals surface area contributed by atoms with Crippen molar-refractivity contribution in [2.75, 3.05) is 0 Å². The van der Waals surface area contributed by atoms with Crippen molar-refractivity contribution >= 4 is 23.5 Å². The molecule has 176 valence electrons. The van der Waals surface area contributed by atoms with E-state index in [0.717, 1.165) is 41.7 Å². The Kier molecular flexibility index (Phi) is 6.79. The van der Waals surface area contributed by atoms with Gasteiger partial charge in [0.1, 0.15) is 10.7 Å². The fraction of sp³-hybridized carbons (Fsp3) is 0.150.